The smallest absolute Gasteiger partial charge is 0.338 e. The summed E-state index contributed by atoms with van der Waals surface area (Å²) in [6.45, 7) is 22.1. The predicted octanol–water partition coefficient (Wildman–Crippen LogP) is 9.42. The number of carbonyl (C=O) groups is 2. The number of benzene rings is 2. The van der Waals surface area contributed by atoms with Gasteiger partial charge in [-0.05, 0) is 105 Å². The molecule has 1 heterocycles. The first kappa shape index (κ1) is 35.3. The predicted molar refractivity (Wildman–Crippen MR) is 180 cm³/mol. The van der Waals surface area contributed by atoms with Crippen molar-refractivity contribution >= 4 is 17.6 Å². The first-order chi connectivity index (χ1) is 20.6. The first-order valence-electron chi connectivity index (χ1n) is 16.6. The molecule has 242 valence electrons. The molecule has 2 aromatic carbocycles. The van der Waals surface area contributed by atoms with E-state index < -0.39 is 0 Å². The third-order valence-electron chi connectivity index (χ3n) is 8.49. The lowest BCUT2D eigenvalue weighted by Crippen LogP contribution is -2.40. The Labute approximate surface area is 266 Å². The molecule has 0 spiro atoms. The van der Waals surface area contributed by atoms with Crippen molar-refractivity contribution in [2.75, 3.05) is 6.61 Å². The Hall–Kier alpha value is -3.15. The van der Waals surface area contributed by atoms with Gasteiger partial charge in [0.1, 0.15) is 17.6 Å². The van der Waals surface area contributed by atoms with Gasteiger partial charge in [-0.25, -0.2) is 4.79 Å². The summed E-state index contributed by atoms with van der Waals surface area (Å²) in [6, 6.07) is 15.1. The molecule has 0 aliphatic carbocycles. The van der Waals surface area contributed by atoms with Gasteiger partial charge in [0.15, 0.2) is 0 Å². The van der Waals surface area contributed by atoms with Crippen LogP contribution in [0.15, 0.2) is 53.5 Å². The van der Waals surface area contributed by atoms with Gasteiger partial charge < -0.3 is 14.4 Å². The number of nitrogens with zero attached hydrogens (tertiary/aromatic N) is 2. The van der Waals surface area contributed by atoms with Gasteiger partial charge in [-0.15, -0.1) is 0 Å². The summed E-state index contributed by atoms with van der Waals surface area (Å²) >= 11 is 0. The topological polar surface area (TPSA) is 68.2 Å². The molecule has 0 N–H and O–H groups in total. The molecule has 6 heteroatoms. The van der Waals surface area contributed by atoms with Gasteiger partial charge in [-0.2, -0.15) is 0 Å². The Balaban J connectivity index is 2.03. The van der Waals surface area contributed by atoms with Crippen molar-refractivity contribution in [2.45, 2.75) is 126 Å². The molecule has 0 saturated carbocycles. The van der Waals surface area contributed by atoms with Crippen molar-refractivity contribution < 1.29 is 19.1 Å². The Kier molecular flexibility index (Phi) is 12.2. The van der Waals surface area contributed by atoms with Crippen LogP contribution in [-0.2, 0) is 9.53 Å². The number of hydrogen-bond donors (Lipinski definition) is 0. The third kappa shape index (κ3) is 9.67. The Morgan fingerprint density at radius 2 is 1.55 bits per heavy atom. The molecular weight excluding hydrogens is 548 g/mol. The highest BCUT2D eigenvalue weighted by molar-refractivity contribution is 6.46. The summed E-state index contributed by atoms with van der Waals surface area (Å²) in [7, 11) is 0. The van der Waals surface area contributed by atoms with Crippen LogP contribution >= 0.6 is 0 Å². The van der Waals surface area contributed by atoms with E-state index in [1.54, 1.807) is 0 Å². The number of amides is 1. The summed E-state index contributed by atoms with van der Waals surface area (Å²) in [6.07, 6.45) is 5.37. The quantitative estimate of drug-likeness (QED) is 0.201. The molecule has 0 radical (unpaired) electrons. The largest absolute Gasteiger partial charge is 0.494 e. The van der Waals surface area contributed by atoms with Crippen molar-refractivity contribution in [3.63, 3.8) is 0 Å². The molecule has 44 heavy (non-hydrogen) atoms. The maximum atomic E-state index is 14.4. The molecule has 3 atom stereocenters. The van der Waals surface area contributed by atoms with Crippen LogP contribution in [0.3, 0.4) is 0 Å². The second-order valence-corrected chi connectivity index (χ2v) is 14.7. The summed E-state index contributed by atoms with van der Waals surface area (Å²) in [5, 5.41) is 0. The molecule has 1 aliphatic heterocycles. The third-order valence-corrected chi connectivity index (χ3v) is 8.49. The van der Waals surface area contributed by atoms with Crippen molar-refractivity contribution in [1.29, 1.82) is 0 Å². The number of hydrogen-bond acceptors (Lipinski definition) is 5. The average Bonchev–Trinajstić information content (AvgIpc) is 3.26. The van der Waals surface area contributed by atoms with Crippen molar-refractivity contribution in [3.05, 3.63) is 65.2 Å². The van der Waals surface area contributed by atoms with E-state index in [9.17, 15) is 9.59 Å². The zero-order valence-electron chi connectivity index (χ0n) is 28.9. The van der Waals surface area contributed by atoms with Crippen LogP contribution < -0.4 is 4.74 Å². The summed E-state index contributed by atoms with van der Waals surface area (Å²) in [5.74, 6) is 0.943. The van der Waals surface area contributed by atoms with Crippen LogP contribution in [0.2, 0.25) is 0 Å². The SMILES string of the molecule is CCCC(CCC1N=C(c2ccc(OCC)cc2)C(=O)N1C(CCC(C)(C)C)c1ccc(C(=O)OC(C)C)cc1)C(C)(C)C. The summed E-state index contributed by atoms with van der Waals surface area (Å²) in [4.78, 5) is 34.2. The lowest BCUT2D eigenvalue weighted by Gasteiger charge is -2.36. The average molecular weight is 605 g/mol. The maximum Gasteiger partial charge on any atom is 0.338 e. The summed E-state index contributed by atoms with van der Waals surface area (Å²) < 4.78 is 11.1. The highest BCUT2D eigenvalue weighted by Crippen LogP contribution is 2.40. The minimum Gasteiger partial charge on any atom is -0.494 e. The molecule has 1 amide bonds. The van der Waals surface area contributed by atoms with Gasteiger partial charge in [-0.1, -0.05) is 73.4 Å². The Bertz CT molecular complexity index is 1250. The van der Waals surface area contributed by atoms with E-state index in [0.29, 0.717) is 23.8 Å². The van der Waals surface area contributed by atoms with E-state index in [1.807, 2.05) is 74.2 Å². The highest BCUT2D eigenvalue weighted by atomic mass is 16.5. The van der Waals surface area contributed by atoms with Crippen LogP contribution in [0.4, 0.5) is 0 Å². The van der Waals surface area contributed by atoms with Crippen LogP contribution in [0.5, 0.6) is 5.75 Å². The van der Waals surface area contributed by atoms with Crippen LogP contribution in [0.1, 0.15) is 135 Å². The fourth-order valence-corrected chi connectivity index (χ4v) is 6.02. The Morgan fingerprint density at radius 1 is 0.909 bits per heavy atom. The molecule has 3 unspecified atom stereocenters. The van der Waals surface area contributed by atoms with Gasteiger partial charge in [0.05, 0.1) is 24.3 Å². The summed E-state index contributed by atoms with van der Waals surface area (Å²) in [5.41, 5.74) is 3.12. The molecule has 2 aromatic rings. The normalized spacial score (nSPS) is 17.1. The second kappa shape index (κ2) is 15.2. The Morgan fingerprint density at radius 3 is 2.07 bits per heavy atom. The molecule has 0 aromatic heterocycles. The molecule has 1 aliphatic rings. The number of ether oxygens (including phenoxy) is 2. The second-order valence-electron chi connectivity index (χ2n) is 14.7. The number of aliphatic imine (C=N–C) groups is 1. The standard InChI is InChI=1S/C38H56N2O4/c1-11-13-30(38(8,9)10)20-23-33-39-34(28-18-21-31(22-19-28)43-12-2)35(41)40(33)32(24-25-37(5,6)7)27-14-16-29(17-15-27)36(42)44-26(3)4/h14-19,21-22,26,30,32-33H,11-13,20,23-25H2,1-10H3. The van der Waals surface area contributed by atoms with Gasteiger partial charge >= 0.3 is 5.97 Å². The maximum absolute atomic E-state index is 14.4. The van der Waals surface area contributed by atoms with E-state index in [1.165, 1.54) is 0 Å². The van der Waals surface area contributed by atoms with E-state index in [2.05, 4.69) is 48.5 Å². The van der Waals surface area contributed by atoms with Gasteiger partial charge in [-0.3, -0.25) is 9.79 Å². The van der Waals surface area contributed by atoms with Crippen molar-refractivity contribution in [1.82, 2.24) is 4.90 Å². The van der Waals surface area contributed by atoms with Crippen molar-refractivity contribution in [3.8, 4) is 5.75 Å². The molecule has 0 bridgehead atoms. The zero-order chi connectivity index (χ0) is 32.7. The van der Waals surface area contributed by atoms with E-state index in [-0.39, 0.29) is 41.0 Å². The number of esters is 1. The molecule has 3 rings (SSSR count). The van der Waals surface area contributed by atoms with Crippen molar-refractivity contribution in [2.24, 2.45) is 21.7 Å². The zero-order valence-corrected chi connectivity index (χ0v) is 28.9. The number of rotatable bonds is 14. The lowest BCUT2D eigenvalue weighted by atomic mass is 9.75. The minimum atomic E-state index is -0.335. The molecule has 0 fully saturated rings. The van der Waals surface area contributed by atoms with Crippen LogP contribution in [-0.4, -0.2) is 41.4 Å². The lowest BCUT2D eigenvalue weighted by molar-refractivity contribution is -0.127. The minimum absolute atomic E-state index is 0.0378. The molecular formula is C38H56N2O4. The first-order valence-corrected chi connectivity index (χ1v) is 16.6. The van der Waals surface area contributed by atoms with Gasteiger partial charge in [0.2, 0.25) is 0 Å². The van der Waals surface area contributed by atoms with E-state index in [0.717, 1.165) is 55.4 Å². The fraction of sp³-hybridized carbons (Fsp3) is 0.605. The highest BCUT2D eigenvalue weighted by Gasteiger charge is 2.40. The van der Waals surface area contributed by atoms with E-state index >= 15 is 0 Å². The fourth-order valence-electron chi connectivity index (χ4n) is 6.02. The molecule has 0 saturated heterocycles. The van der Waals surface area contributed by atoms with Crippen LogP contribution in [0, 0.1) is 16.7 Å². The van der Waals surface area contributed by atoms with Crippen LogP contribution in [0.25, 0.3) is 0 Å². The van der Waals surface area contributed by atoms with Gasteiger partial charge in [0, 0.05) is 5.56 Å². The van der Waals surface area contributed by atoms with E-state index in [4.69, 9.17) is 14.5 Å². The molecule has 6 nitrogen and oxygen atoms in total. The monoisotopic (exact) mass is 604 g/mol. The van der Waals surface area contributed by atoms with Gasteiger partial charge in [0.25, 0.3) is 5.91 Å². The number of carbonyl (C=O) groups excluding carboxylic acids is 2.